The van der Waals surface area contributed by atoms with Crippen LogP contribution in [0, 0.1) is 11.8 Å². The molecule has 3 rings (SSSR count). The number of fused-ring (bicyclic) bond motifs is 2. The second kappa shape index (κ2) is 2.21. The van der Waals surface area contributed by atoms with E-state index in [4.69, 9.17) is 0 Å². The van der Waals surface area contributed by atoms with Crippen molar-refractivity contribution < 1.29 is 5.11 Å². The Balaban J connectivity index is 2.36. The summed E-state index contributed by atoms with van der Waals surface area (Å²) in [4.78, 5) is 0. The first-order chi connectivity index (χ1) is 5.18. The lowest BCUT2D eigenvalue weighted by Gasteiger charge is -2.27. The molecule has 1 nitrogen and oxygen atoms in total. The molecule has 0 saturated heterocycles. The highest BCUT2D eigenvalue weighted by atomic mass is 16.3. The largest absolute Gasteiger partial charge is 0.385 e. The Morgan fingerprint density at radius 1 is 1.27 bits per heavy atom. The fourth-order valence-electron chi connectivity index (χ4n) is 1.93. The van der Waals surface area contributed by atoms with E-state index in [0.717, 1.165) is 6.42 Å². The maximum absolute atomic E-state index is 9.90. The van der Waals surface area contributed by atoms with Gasteiger partial charge in [0, 0.05) is 5.92 Å². The monoisotopic (exact) mass is 150 g/mol. The van der Waals surface area contributed by atoms with Crippen molar-refractivity contribution in [1.82, 2.24) is 0 Å². The highest BCUT2D eigenvalue weighted by molar-refractivity contribution is 5.19. The van der Waals surface area contributed by atoms with Crippen molar-refractivity contribution >= 4 is 0 Å². The molecule has 1 N–H and O–H groups in total. The van der Waals surface area contributed by atoms with Gasteiger partial charge in [-0.1, -0.05) is 24.3 Å². The van der Waals surface area contributed by atoms with Gasteiger partial charge in [0.05, 0.1) is 5.60 Å². The molecule has 3 unspecified atom stereocenters. The summed E-state index contributed by atoms with van der Waals surface area (Å²) in [6, 6.07) is 0. The molecule has 2 bridgehead atoms. The van der Waals surface area contributed by atoms with Crippen molar-refractivity contribution in [3.8, 4) is 0 Å². The predicted octanol–water partition coefficient (Wildman–Crippen LogP) is 1.89. The molecule has 3 atom stereocenters. The fraction of sp³-hybridized carbons (Fsp3) is 0.600. The second-order valence-corrected chi connectivity index (χ2v) is 3.82. The standard InChI is InChI=1S/C10H14O/c1-10(11)7-6-8-2-4-9(10)5-3-8/h2,4,6-9,11H,3,5H2,1H3. The van der Waals surface area contributed by atoms with E-state index in [0.29, 0.717) is 11.8 Å². The van der Waals surface area contributed by atoms with Gasteiger partial charge in [0.2, 0.25) is 0 Å². The molecule has 3 aliphatic carbocycles. The molecule has 60 valence electrons. The van der Waals surface area contributed by atoms with Gasteiger partial charge >= 0.3 is 0 Å². The zero-order chi connectivity index (χ0) is 7.90. The first kappa shape index (κ1) is 7.11. The van der Waals surface area contributed by atoms with E-state index in [2.05, 4.69) is 18.2 Å². The highest BCUT2D eigenvalue weighted by Gasteiger charge is 2.32. The van der Waals surface area contributed by atoms with Crippen LogP contribution in [0.25, 0.3) is 0 Å². The second-order valence-electron chi connectivity index (χ2n) is 3.82. The zero-order valence-corrected chi connectivity index (χ0v) is 6.83. The van der Waals surface area contributed by atoms with Crippen LogP contribution in [0.2, 0.25) is 0 Å². The molecule has 0 aromatic carbocycles. The van der Waals surface area contributed by atoms with Gasteiger partial charge in [-0.25, -0.2) is 0 Å². The minimum Gasteiger partial charge on any atom is -0.385 e. The molecule has 1 heteroatoms. The van der Waals surface area contributed by atoms with Crippen molar-refractivity contribution in [3.05, 3.63) is 24.3 Å². The molecular formula is C10H14O. The zero-order valence-electron chi connectivity index (χ0n) is 6.83. The van der Waals surface area contributed by atoms with E-state index in [9.17, 15) is 5.11 Å². The Bertz CT molecular complexity index is 213. The number of hydrogen-bond donors (Lipinski definition) is 1. The summed E-state index contributed by atoms with van der Waals surface area (Å²) < 4.78 is 0. The Kier molecular flexibility index (Phi) is 1.43. The van der Waals surface area contributed by atoms with Crippen LogP contribution < -0.4 is 0 Å². The van der Waals surface area contributed by atoms with Crippen molar-refractivity contribution in [3.63, 3.8) is 0 Å². The van der Waals surface area contributed by atoms with E-state index in [1.54, 1.807) is 0 Å². The van der Waals surface area contributed by atoms with Gasteiger partial charge in [-0.15, -0.1) is 0 Å². The quantitative estimate of drug-likeness (QED) is 0.523. The van der Waals surface area contributed by atoms with Gasteiger partial charge < -0.3 is 5.11 Å². The van der Waals surface area contributed by atoms with Crippen LogP contribution in [0.5, 0.6) is 0 Å². The van der Waals surface area contributed by atoms with E-state index in [1.807, 2.05) is 13.0 Å². The molecule has 0 spiro atoms. The highest BCUT2D eigenvalue weighted by Crippen LogP contribution is 2.35. The first-order valence-corrected chi connectivity index (χ1v) is 4.28. The lowest BCUT2D eigenvalue weighted by molar-refractivity contribution is 0.0634. The van der Waals surface area contributed by atoms with Gasteiger partial charge in [0.15, 0.2) is 0 Å². The fourth-order valence-corrected chi connectivity index (χ4v) is 1.93. The van der Waals surface area contributed by atoms with Gasteiger partial charge in [-0.3, -0.25) is 0 Å². The lowest BCUT2D eigenvalue weighted by Crippen LogP contribution is -2.30. The van der Waals surface area contributed by atoms with Gasteiger partial charge in [0.25, 0.3) is 0 Å². The van der Waals surface area contributed by atoms with Crippen molar-refractivity contribution in [2.45, 2.75) is 25.4 Å². The maximum atomic E-state index is 9.90. The van der Waals surface area contributed by atoms with Crippen molar-refractivity contribution in [2.24, 2.45) is 11.8 Å². The Morgan fingerprint density at radius 3 is 2.73 bits per heavy atom. The smallest absolute Gasteiger partial charge is 0.0862 e. The average molecular weight is 150 g/mol. The summed E-state index contributed by atoms with van der Waals surface area (Å²) in [5.41, 5.74) is -0.595. The molecule has 0 aromatic heterocycles. The number of rotatable bonds is 0. The Hall–Kier alpha value is -0.560. The van der Waals surface area contributed by atoms with Gasteiger partial charge in [-0.2, -0.15) is 0 Å². The molecule has 0 aromatic rings. The van der Waals surface area contributed by atoms with Crippen LogP contribution >= 0.6 is 0 Å². The summed E-state index contributed by atoms with van der Waals surface area (Å²) >= 11 is 0. The third-order valence-corrected chi connectivity index (χ3v) is 2.83. The first-order valence-electron chi connectivity index (χ1n) is 4.28. The molecule has 11 heavy (non-hydrogen) atoms. The molecule has 3 aliphatic rings. The van der Waals surface area contributed by atoms with Crippen molar-refractivity contribution in [2.75, 3.05) is 0 Å². The van der Waals surface area contributed by atoms with Crippen LogP contribution in [0.3, 0.4) is 0 Å². The van der Waals surface area contributed by atoms with Crippen LogP contribution in [0.4, 0.5) is 0 Å². The summed E-state index contributed by atoms with van der Waals surface area (Å²) in [5, 5.41) is 9.90. The maximum Gasteiger partial charge on any atom is 0.0862 e. The van der Waals surface area contributed by atoms with E-state index in [-0.39, 0.29) is 0 Å². The third-order valence-electron chi connectivity index (χ3n) is 2.83. The topological polar surface area (TPSA) is 20.2 Å². The Morgan fingerprint density at radius 2 is 2.09 bits per heavy atom. The van der Waals surface area contributed by atoms with E-state index in [1.165, 1.54) is 6.42 Å². The van der Waals surface area contributed by atoms with Gasteiger partial charge in [0.1, 0.15) is 0 Å². The van der Waals surface area contributed by atoms with Crippen LogP contribution in [-0.4, -0.2) is 10.7 Å². The third kappa shape index (κ3) is 1.14. The normalized spacial score (nSPS) is 47.8. The van der Waals surface area contributed by atoms with Crippen LogP contribution in [-0.2, 0) is 0 Å². The molecular weight excluding hydrogens is 136 g/mol. The molecule has 0 amide bonds. The summed E-state index contributed by atoms with van der Waals surface area (Å²) in [7, 11) is 0. The van der Waals surface area contributed by atoms with Crippen LogP contribution in [0.1, 0.15) is 19.8 Å². The number of hydrogen-bond acceptors (Lipinski definition) is 1. The van der Waals surface area contributed by atoms with E-state index >= 15 is 0 Å². The minimum absolute atomic E-state index is 0.345. The van der Waals surface area contributed by atoms with Crippen molar-refractivity contribution in [1.29, 1.82) is 0 Å². The lowest BCUT2D eigenvalue weighted by atomic mass is 9.83. The molecule has 0 fully saturated rings. The predicted molar refractivity (Wildman–Crippen MR) is 45.1 cm³/mol. The molecule has 0 aliphatic heterocycles. The SMILES string of the molecule is CC1(O)C=CC2C=CC1CC2. The Labute approximate surface area is 67.4 Å². The van der Waals surface area contributed by atoms with Crippen LogP contribution in [0.15, 0.2) is 24.3 Å². The average Bonchev–Trinajstić information content (AvgIpc) is 2.21. The summed E-state index contributed by atoms with van der Waals surface area (Å²) in [6.45, 7) is 1.90. The number of aliphatic hydroxyl groups is 1. The molecule has 0 heterocycles. The number of allylic oxidation sites excluding steroid dienone is 2. The summed E-state index contributed by atoms with van der Waals surface area (Å²) in [5.74, 6) is 0.928. The van der Waals surface area contributed by atoms with Gasteiger partial charge in [-0.05, 0) is 25.7 Å². The minimum atomic E-state index is -0.595. The molecule has 0 radical (unpaired) electrons. The van der Waals surface area contributed by atoms with E-state index < -0.39 is 5.60 Å². The molecule has 0 saturated carbocycles. The summed E-state index contributed by atoms with van der Waals surface area (Å²) in [6.07, 6.45) is 10.8.